The average Bonchev–Trinajstić information content (AvgIpc) is 1.58. The number of hydrogen-bond donors (Lipinski definition) is 4. The van der Waals surface area contributed by atoms with Crippen LogP contribution in [-0.2, 0) is 23.2 Å². The second kappa shape index (κ2) is 29.5. The van der Waals surface area contributed by atoms with E-state index in [0.29, 0.717) is 48.3 Å². The van der Waals surface area contributed by atoms with Gasteiger partial charge in [0.05, 0.1) is 82.2 Å². The van der Waals surface area contributed by atoms with Crippen LogP contribution in [0.3, 0.4) is 0 Å². The van der Waals surface area contributed by atoms with Crippen molar-refractivity contribution in [1.82, 2.24) is 88.5 Å². The Kier molecular flexibility index (Phi) is 19.4. The van der Waals surface area contributed by atoms with E-state index in [0.717, 1.165) is 239 Å². The minimum atomic E-state index is -0.228. The third-order valence-electron chi connectivity index (χ3n) is 24.4. The molecule has 4 N–H and O–H groups in total. The fraction of sp³-hybridized carbons (Fsp3) is 0.537. The van der Waals surface area contributed by atoms with Crippen LogP contribution in [0, 0.1) is 6.92 Å². The van der Waals surface area contributed by atoms with E-state index in [-0.39, 0.29) is 22.5 Å². The van der Waals surface area contributed by atoms with Crippen molar-refractivity contribution in [3.63, 3.8) is 0 Å². The Bertz CT molecular complexity index is 4820. The summed E-state index contributed by atoms with van der Waals surface area (Å²) < 4.78 is 13.0. The van der Waals surface area contributed by atoms with Crippen molar-refractivity contribution in [3.05, 3.63) is 103 Å². The van der Waals surface area contributed by atoms with Crippen molar-refractivity contribution in [2.24, 2.45) is 4.99 Å². The van der Waals surface area contributed by atoms with E-state index in [1.54, 1.807) is 6.20 Å². The number of imidazole rings is 1. The average molecular weight is 1450 g/mol. The maximum atomic E-state index is 12.7. The van der Waals surface area contributed by atoms with Crippen LogP contribution in [-0.4, -0.2) is 198 Å². The Hall–Kier alpha value is -9.57. The van der Waals surface area contributed by atoms with E-state index in [1.807, 2.05) is 68.4 Å². The third-order valence-corrected chi connectivity index (χ3v) is 24.4. The lowest BCUT2D eigenvalue weighted by molar-refractivity contribution is 0.0807. The number of hydrogen-bond acceptors (Lipinski definition) is 24. The molecule has 3 spiro atoms. The Morgan fingerprint density at radius 1 is 0.458 bits per heavy atom. The van der Waals surface area contributed by atoms with Crippen LogP contribution in [0.25, 0.3) is 44.7 Å². The van der Waals surface area contributed by atoms with Gasteiger partial charge in [-0.05, 0) is 141 Å². The number of nitrogens with zero attached hydrogens (tertiary/aromatic N) is 21. The molecular formula is C80H103N25O2. The van der Waals surface area contributed by atoms with Gasteiger partial charge in [-0.1, -0.05) is 44.9 Å². The maximum Gasteiger partial charge on any atom is 0.232 e. The highest BCUT2D eigenvalue weighted by Gasteiger charge is 2.45. The SMILES string of the molecule is CC(C)N1CCN(c2ccc(Nc3ncc4cc5n(c4n3)C3(CCCCC3)NCC5=O)nc2)CC1.CC(C)N1CCN(c2ccc(Nc3ncc4nc5n(c4n3)C3(CC=N5)CCCCC3)nc2)CC1.Cc1nc2c(o1)-c1cc3cnc(Nc4ccc(N5CCN(C(C)C)CC5)cn4)nc3n1C1(CCCCC1)C2. The number of ketones is 1. The van der Waals surface area contributed by atoms with Crippen molar-refractivity contribution >= 4 is 104 Å². The van der Waals surface area contributed by atoms with Crippen LogP contribution in [0.5, 0.6) is 0 Å². The van der Waals surface area contributed by atoms with Gasteiger partial charge >= 0.3 is 0 Å². The molecule has 27 heteroatoms. The summed E-state index contributed by atoms with van der Waals surface area (Å²) in [4.78, 5) is 83.9. The third kappa shape index (κ3) is 14.0. The van der Waals surface area contributed by atoms with E-state index in [9.17, 15) is 4.79 Å². The van der Waals surface area contributed by atoms with Crippen LogP contribution >= 0.6 is 0 Å². The lowest BCUT2D eigenvalue weighted by Crippen LogP contribution is -2.55. The maximum absolute atomic E-state index is 12.7. The van der Waals surface area contributed by atoms with E-state index in [2.05, 4.69) is 160 Å². The van der Waals surface area contributed by atoms with E-state index < -0.39 is 0 Å². The van der Waals surface area contributed by atoms with Crippen LogP contribution in [0.4, 0.5) is 58.3 Å². The molecule has 10 aromatic rings. The molecule has 0 atom stereocenters. The number of aryl methyl sites for hydroxylation is 1. The Labute approximate surface area is 625 Å². The molecule has 6 aliphatic heterocycles. The number of oxazole rings is 1. The minimum Gasteiger partial charge on any atom is -0.439 e. The van der Waals surface area contributed by atoms with Crippen molar-refractivity contribution in [1.29, 1.82) is 0 Å². The number of aliphatic imine (C=N–C) groups is 1. The van der Waals surface area contributed by atoms with Crippen LogP contribution < -0.4 is 36.0 Å². The van der Waals surface area contributed by atoms with Crippen molar-refractivity contribution in [2.75, 3.05) is 116 Å². The first-order valence-corrected chi connectivity index (χ1v) is 39.6. The van der Waals surface area contributed by atoms with Gasteiger partial charge in [-0.3, -0.25) is 29.4 Å². The molecule has 10 aromatic heterocycles. The lowest BCUT2D eigenvalue weighted by Gasteiger charge is -2.43. The zero-order valence-corrected chi connectivity index (χ0v) is 63.3. The zero-order valence-electron chi connectivity index (χ0n) is 63.3. The minimum absolute atomic E-state index is 0.00321. The van der Waals surface area contributed by atoms with Gasteiger partial charge < -0.3 is 44.2 Å². The Morgan fingerprint density at radius 3 is 1.38 bits per heavy atom. The predicted octanol–water partition coefficient (Wildman–Crippen LogP) is 13.0. The van der Waals surface area contributed by atoms with E-state index in [1.165, 1.54) is 44.9 Å². The smallest absolute Gasteiger partial charge is 0.232 e. The van der Waals surface area contributed by atoms with Gasteiger partial charge in [0.2, 0.25) is 23.8 Å². The van der Waals surface area contributed by atoms with Crippen molar-refractivity contribution in [3.8, 4) is 11.5 Å². The number of Topliss-reactive ketones (excluding diaryl/α,β-unsaturated/α-hetero) is 1. The summed E-state index contributed by atoms with van der Waals surface area (Å²) in [5.41, 5.74) is 9.61. The van der Waals surface area contributed by atoms with Gasteiger partial charge in [-0.15, -0.1) is 0 Å². The fourth-order valence-corrected chi connectivity index (χ4v) is 18.4. The normalized spacial score (nSPS) is 20.0. The van der Waals surface area contributed by atoms with Gasteiger partial charge in [-0.25, -0.2) is 44.9 Å². The number of carbonyl (C=O) groups is 1. The standard InChI is InChI=1S/C29H36N8O.C26H34N8O.C25H33N9/c1-19(2)35-11-13-36(14-12-35)22-7-8-25(30-18-22)33-28-31-17-21-15-24-26-23(32-20(3)38-26)16-29(9-5-4-6-10-29)37(24)27(21)34-28;1-18(2)32-10-12-33(13-11-32)20-6-7-23(27-16-20)30-25-28-15-19-14-21-22(35)17-29-26(8-4-3-5-9-26)34(21)24(19)31-25;1-18(2)32-12-14-33(15-13-32)19-6-7-21(27-16-19)30-23-28-17-20-22(31-23)34-24(29-20)26-11-10-25(34)8-4-3-5-9-25/h7-8,15,17-19H,4-6,9-14,16H2,1-3H3,(H,30,31,33,34);6-7,14-16,18,29H,3-5,8-13,17H2,1-2H3,(H,27,28,30,31);6-7,11,16-18H,3-5,8-10,12-15H2,1-2H3,(H,27,28,30,31). The molecule has 3 aliphatic carbocycles. The molecule has 0 radical (unpaired) electrons. The summed E-state index contributed by atoms with van der Waals surface area (Å²) in [6.45, 7) is 28.5. The van der Waals surface area contributed by atoms with Crippen molar-refractivity contribution < 1.29 is 9.21 Å². The molecule has 19 rings (SSSR count). The summed E-state index contributed by atoms with van der Waals surface area (Å²) in [5.74, 6) is 6.29. The lowest BCUT2D eigenvalue weighted by atomic mass is 9.76. The summed E-state index contributed by atoms with van der Waals surface area (Å²) in [5, 5.41) is 15.4. The molecule has 27 nitrogen and oxygen atoms in total. The highest BCUT2D eigenvalue weighted by Crippen LogP contribution is 2.50. The second-order valence-electron chi connectivity index (χ2n) is 31.9. The van der Waals surface area contributed by atoms with Gasteiger partial charge in [0.25, 0.3) is 0 Å². The van der Waals surface area contributed by atoms with Gasteiger partial charge in [-0.2, -0.15) is 15.0 Å². The highest BCUT2D eigenvalue weighted by atomic mass is 16.4. The molecule has 0 bridgehead atoms. The molecule has 0 amide bonds. The van der Waals surface area contributed by atoms with Gasteiger partial charge in [0.1, 0.15) is 34.3 Å². The van der Waals surface area contributed by atoms with Crippen LogP contribution in [0.1, 0.15) is 166 Å². The molecule has 0 unspecified atom stereocenters. The first-order valence-electron chi connectivity index (χ1n) is 39.6. The molecule has 0 aromatic carbocycles. The molecule has 9 aliphatic rings. The summed E-state index contributed by atoms with van der Waals surface area (Å²) in [7, 11) is 0. The number of rotatable bonds is 12. The molecule has 16 heterocycles. The zero-order chi connectivity index (χ0) is 73.0. The number of pyridine rings is 3. The number of nitrogens with one attached hydrogen (secondary N) is 4. The summed E-state index contributed by atoms with van der Waals surface area (Å²) in [6, 6.07) is 18.3. The number of piperazine rings is 3. The summed E-state index contributed by atoms with van der Waals surface area (Å²) in [6.07, 6.45) is 32.9. The van der Waals surface area contributed by atoms with Gasteiger partial charge in [0.15, 0.2) is 23.1 Å². The van der Waals surface area contributed by atoms with E-state index in [4.69, 9.17) is 34.3 Å². The van der Waals surface area contributed by atoms with E-state index >= 15 is 0 Å². The molecule has 3 saturated carbocycles. The highest BCUT2D eigenvalue weighted by molar-refractivity contribution is 6.01. The molecule has 107 heavy (non-hydrogen) atoms. The van der Waals surface area contributed by atoms with Crippen molar-refractivity contribution in [2.45, 2.75) is 192 Å². The molecule has 3 saturated heterocycles. The first-order chi connectivity index (χ1) is 52.1. The Balaban J connectivity index is 0.000000118. The fourth-order valence-electron chi connectivity index (χ4n) is 18.4. The number of carbonyl (C=O) groups excluding carboxylic acids is 1. The predicted molar refractivity (Wildman–Crippen MR) is 422 cm³/mol. The second-order valence-corrected chi connectivity index (χ2v) is 31.9. The quantitative estimate of drug-likeness (QED) is 0.0885. The number of anilines is 9. The largest absolute Gasteiger partial charge is 0.439 e. The summed E-state index contributed by atoms with van der Waals surface area (Å²) >= 11 is 0. The monoisotopic (exact) mass is 1450 g/mol. The first kappa shape index (κ1) is 70.4. The molecular weight excluding hydrogens is 1340 g/mol. The topological polar surface area (TPSA) is 267 Å². The Morgan fingerprint density at radius 2 is 0.907 bits per heavy atom. The molecule has 6 fully saturated rings. The number of fused-ring (bicyclic) bond motifs is 14. The van der Waals surface area contributed by atoms with Crippen LogP contribution in [0.2, 0.25) is 0 Å². The van der Waals surface area contributed by atoms with Gasteiger partial charge in [0, 0.05) is 146 Å². The molecule has 560 valence electrons. The van der Waals surface area contributed by atoms with Crippen LogP contribution in [0.15, 0.2) is 95.1 Å². The number of aromatic nitrogens is 14.